The summed E-state index contributed by atoms with van der Waals surface area (Å²) in [5.74, 6) is -0.876. The highest BCUT2D eigenvalue weighted by atomic mass is 16.5. The van der Waals surface area contributed by atoms with Crippen LogP contribution >= 0.6 is 0 Å². The molecule has 0 aliphatic heterocycles. The monoisotopic (exact) mass is 295 g/mol. The molecular formula is C14H21N3O4. The average Bonchev–Trinajstić information content (AvgIpc) is 3.19. The fourth-order valence-electron chi connectivity index (χ4n) is 2.42. The Morgan fingerprint density at radius 3 is 2.52 bits per heavy atom. The van der Waals surface area contributed by atoms with Crippen molar-refractivity contribution in [2.24, 2.45) is 13.0 Å². The number of carbonyl (C=O) groups is 2. The molecular weight excluding hydrogens is 274 g/mol. The minimum Gasteiger partial charge on any atom is -0.480 e. The van der Waals surface area contributed by atoms with Crippen molar-refractivity contribution < 1.29 is 19.4 Å². The molecule has 0 unspecified atom stereocenters. The van der Waals surface area contributed by atoms with E-state index >= 15 is 0 Å². The van der Waals surface area contributed by atoms with Crippen LogP contribution in [0.5, 0.6) is 5.75 Å². The second kappa shape index (κ2) is 5.38. The first kappa shape index (κ1) is 15.3. The lowest BCUT2D eigenvalue weighted by atomic mass is 9.96. The Kier molecular flexibility index (Phi) is 3.93. The zero-order valence-electron chi connectivity index (χ0n) is 12.8. The number of nitrogens with one attached hydrogen (secondary N) is 1. The summed E-state index contributed by atoms with van der Waals surface area (Å²) >= 11 is 0. The van der Waals surface area contributed by atoms with E-state index in [0.717, 1.165) is 18.5 Å². The number of carboxylic acids is 1. The Balaban J connectivity index is 1.97. The third kappa shape index (κ3) is 3.01. The van der Waals surface area contributed by atoms with Gasteiger partial charge in [-0.3, -0.25) is 9.48 Å². The summed E-state index contributed by atoms with van der Waals surface area (Å²) in [5, 5.41) is 16.1. The molecule has 0 radical (unpaired) electrons. The van der Waals surface area contributed by atoms with E-state index in [9.17, 15) is 14.7 Å². The molecule has 1 heterocycles. The minimum atomic E-state index is -1.21. The average molecular weight is 295 g/mol. The van der Waals surface area contributed by atoms with E-state index in [1.807, 2.05) is 6.92 Å². The molecule has 7 nitrogen and oxygen atoms in total. The highest BCUT2D eigenvalue weighted by Crippen LogP contribution is 2.39. The number of ether oxygens (including phenoxy) is 1. The van der Waals surface area contributed by atoms with Crippen LogP contribution in [0.3, 0.4) is 0 Å². The lowest BCUT2D eigenvalue weighted by Crippen LogP contribution is -2.55. The maximum absolute atomic E-state index is 12.0. The molecule has 1 aromatic rings. The molecule has 1 saturated carbocycles. The van der Waals surface area contributed by atoms with Gasteiger partial charge in [-0.25, -0.2) is 4.79 Å². The molecule has 1 fully saturated rings. The molecule has 0 spiro atoms. The van der Waals surface area contributed by atoms with E-state index in [4.69, 9.17) is 4.74 Å². The van der Waals surface area contributed by atoms with Crippen molar-refractivity contribution in [1.82, 2.24) is 15.1 Å². The fraction of sp³-hybridized carbons (Fsp3) is 0.643. The number of aliphatic carboxylic acids is 1. The lowest BCUT2D eigenvalue weighted by molar-refractivity contribution is -0.148. The molecule has 21 heavy (non-hydrogen) atoms. The zero-order chi connectivity index (χ0) is 15.8. The predicted molar refractivity (Wildman–Crippen MR) is 75.1 cm³/mol. The first-order valence-electron chi connectivity index (χ1n) is 6.93. The first-order valence-corrected chi connectivity index (χ1v) is 6.93. The van der Waals surface area contributed by atoms with Gasteiger partial charge in [0.15, 0.2) is 12.4 Å². The van der Waals surface area contributed by atoms with Gasteiger partial charge in [-0.05, 0) is 39.5 Å². The third-order valence-corrected chi connectivity index (χ3v) is 4.03. The van der Waals surface area contributed by atoms with Gasteiger partial charge in [-0.15, -0.1) is 0 Å². The highest BCUT2D eigenvalue weighted by Gasteiger charge is 2.48. The number of hydrogen-bond donors (Lipinski definition) is 2. The van der Waals surface area contributed by atoms with Gasteiger partial charge in [-0.2, -0.15) is 5.10 Å². The van der Waals surface area contributed by atoms with Gasteiger partial charge in [0.25, 0.3) is 5.91 Å². The van der Waals surface area contributed by atoms with Crippen LogP contribution in [-0.2, 0) is 16.6 Å². The highest BCUT2D eigenvalue weighted by molar-refractivity contribution is 5.88. The van der Waals surface area contributed by atoms with Crippen molar-refractivity contribution in [3.63, 3.8) is 0 Å². The van der Waals surface area contributed by atoms with Crippen LogP contribution < -0.4 is 10.1 Å². The Labute approximate surface area is 123 Å². The van der Waals surface area contributed by atoms with E-state index in [0.29, 0.717) is 11.4 Å². The van der Waals surface area contributed by atoms with Crippen LogP contribution in [0.1, 0.15) is 31.2 Å². The van der Waals surface area contributed by atoms with E-state index in [1.54, 1.807) is 25.6 Å². The van der Waals surface area contributed by atoms with E-state index in [2.05, 4.69) is 10.4 Å². The number of nitrogens with zero attached hydrogens (tertiary/aromatic N) is 2. The summed E-state index contributed by atoms with van der Waals surface area (Å²) < 4.78 is 7.16. The first-order chi connectivity index (χ1) is 9.75. The van der Waals surface area contributed by atoms with Gasteiger partial charge in [0.1, 0.15) is 11.2 Å². The van der Waals surface area contributed by atoms with Gasteiger partial charge >= 0.3 is 5.97 Å². The zero-order valence-corrected chi connectivity index (χ0v) is 12.8. The summed E-state index contributed by atoms with van der Waals surface area (Å²) in [6.07, 6.45) is 1.65. The number of carboxylic acid groups (broad SMARTS) is 1. The lowest BCUT2D eigenvalue weighted by Gasteiger charge is -2.26. The Hall–Kier alpha value is -2.05. The summed E-state index contributed by atoms with van der Waals surface area (Å²) in [6.45, 7) is 4.97. The molecule has 1 atom stereocenters. The van der Waals surface area contributed by atoms with Crippen molar-refractivity contribution in [2.75, 3.05) is 6.61 Å². The standard InChI is InChI=1S/C14H21N3O4/c1-8-12(9(2)17(4)16-8)21-7-11(18)15-14(3,13(19)20)10-5-6-10/h10H,5-7H2,1-4H3,(H,15,18)(H,19,20)/t14-/m0/s1. The molecule has 1 aromatic heterocycles. The van der Waals surface area contributed by atoms with Gasteiger partial charge in [0, 0.05) is 7.05 Å². The van der Waals surface area contributed by atoms with Crippen LogP contribution in [0.4, 0.5) is 0 Å². The number of aryl methyl sites for hydroxylation is 2. The summed E-state index contributed by atoms with van der Waals surface area (Å²) in [5.41, 5.74) is 0.314. The van der Waals surface area contributed by atoms with Gasteiger partial charge in [0.2, 0.25) is 0 Å². The maximum Gasteiger partial charge on any atom is 0.329 e. The number of carbonyl (C=O) groups excluding carboxylic acids is 1. The Morgan fingerprint density at radius 2 is 2.10 bits per heavy atom. The van der Waals surface area contributed by atoms with Crippen molar-refractivity contribution >= 4 is 11.9 Å². The summed E-state index contributed by atoms with van der Waals surface area (Å²) in [7, 11) is 1.80. The quantitative estimate of drug-likeness (QED) is 0.809. The molecule has 7 heteroatoms. The number of amides is 1. The van der Waals surface area contributed by atoms with Crippen LogP contribution in [0, 0.1) is 19.8 Å². The van der Waals surface area contributed by atoms with E-state index in [1.165, 1.54) is 0 Å². The number of aromatic nitrogens is 2. The SMILES string of the molecule is Cc1nn(C)c(C)c1OCC(=O)N[C@](C)(C(=O)O)C1CC1. The molecule has 1 amide bonds. The maximum atomic E-state index is 12.0. The Bertz CT molecular complexity index is 577. The van der Waals surface area contributed by atoms with Gasteiger partial charge in [-0.1, -0.05) is 0 Å². The smallest absolute Gasteiger partial charge is 0.329 e. The third-order valence-electron chi connectivity index (χ3n) is 4.03. The summed E-state index contributed by atoms with van der Waals surface area (Å²) in [6, 6.07) is 0. The summed E-state index contributed by atoms with van der Waals surface area (Å²) in [4.78, 5) is 23.3. The molecule has 1 aliphatic rings. The van der Waals surface area contributed by atoms with Crippen LogP contribution in [0.15, 0.2) is 0 Å². The minimum absolute atomic E-state index is 0.000754. The van der Waals surface area contributed by atoms with E-state index in [-0.39, 0.29) is 12.5 Å². The Morgan fingerprint density at radius 1 is 1.48 bits per heavy atom. The molecule has 0 aromatic carbocycles. The molecule has 2 rings (SSSR count). The van der Waals surface area contributed by atoms with Crippen LogP contribution in [0.2, 0.25) is 0 Å². The van der Waals surface area contributed by atoms with Crippen molar-refractivity contribution in [3.8, 4) is 5.75 Å². The molecule has 0 bridgehead atoms. The second-order valence-corrected chi connectivity index (χ2v) is 5.74. The van der Waals surface area contributed by atoms with Crippen LogP contribution in [-0.4, -0.2) is 38.9 Å². The predicted octanol–water partition coefficient (Wildman–Crippen LogP) is 0.785. The second-order valence-electron chi connectivity index (χ2n) is 5.74. The molecule has 2 N–H and O–H groups in total. The van der Waals surface area contributed by atoms with Gasteiger partial charge in [0.05, 0.1) is 5.69 Å². The van der Waals surface area contributed by atoms with E-state index < -0.39 is 17.4 Å². The van der Waals surface area contributed by atoms with Gasteiger partial charge < -0.3 is 15.2 Å². The molecule has 0 saturated heterocycles. The van der Waals surface area contributed by atoms with Crippen LogP contribution in [0.25, 0.3) is 0 Å². The topological polar surface area (TPSA) is 93.5 Å². The largest absolute Gasteiger partial charge is 0.480 e. The van der Waals surface area contributed by atoms with Crippen molar-refractivity contribution in [3.05, 3.63) is 11.4 Å². The number of rotatable bonds is 6. The molecule has 1 aliphatic carbocycles. The van der Waals surface area contributed by atoms with Crippen molar-refractivity contribution in [2.45, 2.75) is 39.2 Å². The fourth-order valence-corrected chi connectivity index (χ4v) is 2.42. The van der Waals surface area contributed by atoms with Crippen molar-refractivity contribution in [1.29, 1.82) is 0 Å². The number of hydrogen-bond acceptors (Lipinski definition) is 4. The molecule has 116 valence electrons. The normalized spacial score (nSPS) is 17.1.